The van der Waals surface area contributed by atoms with Gasteiger partial charge in [0.05, 0.1) is 24.2 Å². The lowest BCUT2D eigenvalue weighted by Crippen LogP contribution is -2.41. The van der Waals surface area contributed by atoms with Gasteiger partial charge in [0, 0.05) is 5.02 Å². The number of carbonyl (C=O) groups excluding carboxylic acids is 1. The maximum atomic E-state index is 13.3. The number of benzene rings is 3. The highest BCUT2D eigenvalue weighted by molar-refractivity contribution is 7.92. The van der Waals surface area contributed by atoms with Gasteiger partial charge in [-0.2, -0.15) is 0 Å². The van der Waals surface area contributed by atoms with E-state index >= 15 is 0 Å². The van der Waals surface area contributed by atoms with E-state index in [0.29, 0.717) is 22.2 Å². The molecule has 9 heteroatoms. The summed E-state index contributed by atoms with van der Waals surface area (Å²) in [6, 6.07) is 19.8. The van der Waals surface area contributed by atoms with Crippen LogP contribution in [-0.2, 0) is 14.8 Å². The van der Waals surface area contributed by atoms with E-state index in [9.17, 15) is 13.2 Å². The Labute approximate surface area is 198 Å². The number of nitrogens with one attached hydrogen (secondary N) is 1. The fourth-order valence-corrected chi connectivity index (χ4v) is 4.52. The number of nitrogens with zero attached hydrogens (tertiary/aromatic N) is 1. The topological polar surface area (TPSA) is 84.9 Å². The van der Waals surface area contributed by atoms with Gasteiger partial charge in [0.2, 0.25) is 5.91 Å². The number of methoxy groups -OCH3 is 1. The third-order valence-electron chi connectivity index (χ3n) is 4.76. The number of hydrogen-bond acceptors (Lipinski definition) is 5. The van der Waals surface area contributed by atoms with Crippen LogP contribution in [0.25, 0.3) is 0 Å². The Morgan fingerprint density at radius 1 is 0.939 bits per heavy atom. The predicted octanol–water partition coefficient (Wildman–Crippen LogP) is 4.05. The van der Waals surface area contributed by atoms with E-state index in [0.717, 1.165) is 9.87 Å². The maximum absolute atomic E-state index is 13.3. The molecule has 33 heavy (non-hydrogen) atoms. The molecular weight excluding hydrogens is 464 g/mol. The van der Waals surface area contributed by atoms with Crippen LogP contribution in [0.3, 0.4) is 0 Å². The lowest BCUT2D eigenvalue weighted by molar-refractivity contribution is -0.119. The van der Waals surface area contributed by atoms with Crippen LogP contribution in [0.4, 0.5) is 5.69 Å². The standard InChI is InChI=1S/C24H25ClN2O5S/c1-18-3-13-23(14-4-18)33(29,30)27(20-7-5-19(25)6-8-20)17-24(28)26-15-16-32-22-11-9-21(31-2)10-12-22/h3-14H,15-17H2,1-2H3,(H,26,28). The minimum Gasteiger partial charge on any atom is -0.497 e. The molecule has 1 N–H and O–H groups in total. The Morgan fingerprint density at radius 2 is 1.55 bits per heavy atom. The zero-order valence-electron chi connectivity index (χ0n) is 18.3. The fraction of sp³-hybridized carbons (Fsp3) is 0.208. The van der Waals surface area contributed by atoms with Gasteiger partial charge >= 0.3 is 0 Å². The summed E-state index contributed by atoms with van der Waals surface area (Å²) >= 11 is 5.95. The summed E-state index contributed by atoms with van der Waals surface area (Å²) in [6.45, 7) is 1.92. The molecular formula is C24H25ClN2O5S. The van der Waals surface area contributed by atoms with E-state index in [1.807, 2.05) is 6.92 Å². The quantitative estimate of drug-likeness (QED) is 0.435. The van der Waals surface area contributed by atoms with Crippen molar-refractivity contribution in [3.63, 3.8) is 0 Å². The molecule has 0 unspecified atom stereocenters. The van der Waals surface area contributed by atoms with Crippen molar-refractivity contribution in [1.82, 2.24) is 5.32 Å². The van der Waals surface area contributed by atoms with Gasteiger partial charge in [-0.1, -0.05) is 29.3 Å². The lowest BCUT2D eigenvalue weighted by atomic mass is 10.2. The van der Waals surface area contributed by atoms with Gasteiger partial charge in [-0.15, -0.1) is 0 Å². The van der Waals surface area contributed by atoms with Crippen molar-refractivity contribution < 1.29 is 22.7 Å². The van der Waals surface area contributed by atoms with Crippen molar-refractivity contribution in [3.05, 3.63) is 83.4 Å². The zero-order chi connectivity index (χ0) is 23.8. The number of aryl methyl sites for hydroxylation is 1. The van der Waals surface area contributed by atoms with Gasteiger partial charge in [-0.25, -0.2) is 8.42 Å². The van der Waals surface area contributed by atoms with Crippen LogP contribution >= 0.6 is 11.6 Å². The van der Waals surface area contributed by atoms with E-state index in [4.69, 9.17) is 21.1 Å². The molecule has 3 rings (SSSR count). The molecule has 0 heterocycles. The second-order valence-electron chi connectivity index (χ2n) is 7.18. The molecule has 3 aromatic rings. The number of hydrogen-bond donors (Lipinski definition) is 1. The van der Waals surface area contributed by atoms with Crippen molar-refractivity contribution in [2.75, 3.05) is 31.1 Å². The van der Waals surface area contributed by atoms with Crippen molar-refractivity contribution in [2.45, 2.75) is 11.8 Å². The molecule has 0 aliphatic rings. The first-order valence-corrected chi connectivity index (χ1v) is 12.0. The minimum atomic E-state index is -3.97. The Hall–Kier alpha value is -3.23. The molecule has 0 saturated carbocycles. The van der Waals surface area contributed by atoms with Crippen LogP contribution < -0.4 is 19.1 Å². The highest BCUT2D eigenvalue weighted by Crippen LogP contribution is 2.25. The molecule has 0 aliphatic heterocycles. The zero-order valence-corrected chi connectivity index (χ0v) is 19.9. The molecule has 1 amide bonds. The second-order valence-corrected chi connectivity index (χ2v) is 9.47. The SMILES string of the molecule is COc1ccc(OCCNC(=O)CN(c2ccc(Cl)cc2)S(=O)(=O)c2ccc(C)cc2)cc1. The number of rotatable bonds is 10. The molecule has 0 aromatic heterocycles. The summed E-state index contributed by atoms with van der Waals surface area (Å²) in [7, 11) is -2.39. The smallest absolute Gasteiger partial charge is 0.264 e. The Kier molecular flexibility index (Phi) is 8.19. The molecule has 7 nitrogen and oxygen atoms in total. The number of anilines is 1. The first-order valence-electron chi connectivity index (χ1n) is 10.2. The maximum Gasteiger partial charge on any atom is 0.264 e. The van der Waals surface area contributed by atoms with Gasteiger partial charge in [-0.3, -0.25) is 9.10 Å². The van der Waals surface area contributed by atoms with Crippen LogP contribution in [0.1, 0.15) is 5.56 Å². The average Bonchev–Trinajstić information content (AvgIpc) is 2.81. The fourth-order valence-electron chi connectivity index (χ4n) is 2.98. The minimum absolute atomic E-state index is 0.0960. The van der Waals surface area contributed by atoms with E-state index in [-0.39, 0.29) is 24.6 Å². The Morgan fingerprint density at radius 3 is 2.15 bits per heavy atom. The molecule has 0 atom stereocenters. The molecule has 0 aliphatic carbocycles. The van der Waals surface area contributed by atoms with Crippen LogP contribution in [0.5, 0.6) is 11.5 Å². The molecule has 0 saturated heterocycles. The summed E-state index contributed by atoms with van der Waals surface area (Å²) < 4.78 is 38.4. The summed E-state index contributed by atoms with van der Waals surface area (Å²) in [5.74, 6) is 0.890. The second kappa shape index (κ2) is 11.1. The number of carbonyl (C=O) groups is 1. The highest BCUT2D eigenvalue weighted by atomic mass is 35.5. The van der Waals surface area contributed by atoms with Crippen molar-refractivity contribution in [1.29, 1.82) is 0 Å². The third kappa shape index (κ3) is 6.63. The predicted molar refractivity (Wildman–Crippen MR) is 129 cm³/mol. The van der Waals surface area contributed by atoms with Crippen LogP contribution in [0.15, 0.2) is 77.7 Å². The first kappa shape index (κ1) is 24.4. The Balaban J connectivity index is 1.67. The number of sulfonamides is 1. The van der Waals surface area contributed by atoms with Crippen molar-refractivity contribution in [2.24, 2.45) is 0 Å². The third-order valence-corrected chi connectivity index (χ3v) is 6.80. The molecule has 0 fully saturated rings. The molecule has 174 valence electrons. The van der Waals surface area contributed by atoms with Crippen LogP contribution in [0.2, 0.25) is 5.02 Å². The molecule has 0 radical (unpaired) electrons. The molecule has 3 aromatic carbocycles. The van der Waals surface area contributed by atoms with Gasteiger partial charge in [0.25, 0.3) is 10.0 Å². The first-order chi connectivity index (χ1) is 15.8. The highest BCUT2D eigenvalue weighted by Gasteiger charge is 2.27. The van der Waals surface area contributed by atoms with E-state index in [2.05, 4.69) is 5.32 Å². The normalized spacial score (nSPS) is 11.0. The Bertz CT molecular complexity index is 1160. The van der Waals surface area contributed by atoms with Gasteiger partial charge < -0.3 is 14.8 Å². The van der Waals surface area contributed by atoms with E-state index in [1.54, 1.807) is 67.8 Å². The number of halogens is 1. The average molecular weight is 489 g/mol. The summed E-state index contributed by atoms with van der Waals surface area (Å²) in [4.78, 5) is 12.7. The summed E-state index contributed by atoms with van der Waals surface area (Å²) in [5, 5.41) is 3.16. The van der Waals surface area contributed by atoms with Gasteiger partial charge in [-0.05, 0) is 67.6 Å². The van der Waals surface area contributed by atoms with Crippen LogP contribution in [-0.4, -0.2) is 41.1 Å². The molecule has 0 bridgehead atoms. The number of amides is 1. The lowest BCUT2D eigenvalue weighted by Gasteiger charge is -2.24. The monoisotopic (exact) mass is 488 g/mol. The summed E-state index contributed by atoms with van der Waals surface area (Å²) in [5.41, 5.74) is 1.27. The number of ether oxygens (including phenoxy) is 2. The summed E-state index contributed by atoms with van der Waals surface area (Å²) in [6.07, 6.45) is 0. The van der Waals surface area contributed by atoms with E-state index < -0.39 is 15.9 Å². The van der Waals surface area contributed by atoms with Crippen molar-refractivity contribution in [3.8, 4) is 11.5 Å². The van der Waals surface area contributed by atoms with Crippen LogP contribution in [0, 0.1) is 6.92 Å². The van der Waals surface area contributed by atoms with Gasteiger partial charge in [0.15, 0.2) is 0 Å². The van der Waals surface area contributed by atoms with Crippen molar-refractivity contribution >= 4 is 33.2 Å². The molecule has 0 spiro atoms. The van der Waals surface area contributed by atoms with E-state index in [1.165, 1.54) is 12.1 Å². The van der Waals surface area contributed by atoms with Gasteiger partial charge in [0.1, 0.15) is 24.7 Å². The largest absolute Gasteiger partial charge is 0.497 e.